The van der Waals surface area contributed by atoms with Gasteiger partial charge in [0.1, 0.15) is 23.2 Å². The number of terminal acetylenes is 1. The fourth-order valence-electron chi connectivity index (χ4n) is 2.13. The number of alkyl halides is 1. The Morgan fingerprint density at radius 3 is 2.17 bits per heavy atom. The average Bonchev–Trinajstić information content (AvgIpc) is 2.48. The van der Waals surface area contributed by atoms with Gasteiger partial charge in [-0.05, 0) is 0 Å². The SMILES string of the molecule is C#CCO[C@H]1O[C@H](COC(C)=O)[C@@H](OC(C)=O)[C@H](OC(C)=O)[C@@H]1I. The van der Waals surface area contributed by atoms with Gasteiger partial charge in [-0.25, -0.2) is 0 Å². The van der Waals surface area contributed by atoms with Crippen molar-refractivity contribution in [2.75, 3.05) is 13.2 Å². The molecular weight excluding hydrogens is 435 g/mol. The molecule has 0 amide bonds. The second-order valence-electron chi connectivity index (χ2n) is 4.95. The summed E-state index contributed by atoms with van der Waals surface area (Å²) < 4.78 is 26.1. The molecule has 8 nitrogen and oxygen atoms in total. The Bertz CT molecular complexity index is 514. The molecule has 134 valence electrons. The van der Waals surface area contributed by atoms with E-state index in [1.165, 1.54) is 20.8 Å². The van der Waals surface area contributed by atoms with Crippen LogP contribution in [0.25, 0.3) is 0 Å². The van der Waals surface area contributed by atoms with Gasteiger partial charge in [-0.2, -0.15) is 0 Å². The lowest BCUT2D eigenvalue weighted by Gasteiger charge is -2.42. The van der Waals surface area contributed by atoms with Crippen molar-refractivity contribution < 1.29 is 38.1 Å². The number of ether oxygens (including phenoxy) is 5. The summed E-state index contributed by atoms with van der Waals surface area (Å²) in [6.07, 6.45) is 1.70. The number of halogens is 1. The monoisotopic (exact) mass is 454 g/mol. The van der Waals surface area contributed by atoms with Crippen LogP contribution >= 0.6 is 22.6 Å². The van der Waals surface area contributed by atoms with Crippen molar-refractivity contribution in [1.29, 1.82) is 0 Å². The number of carbonyl (C=O) groups is 3. The zero-order valence-corrected chi connectivity index (χ0v) is 15.7. The fraction of sp³-hybridized carbons (Fsp3) is 0.667. The number of rotatable bonds is 6. The van der Waals surface area contributed by atoms with Gasteiger partial charge in [-0.1, -0.05) is 28.5 Å². The lowest BCUT2D eigenvalue weighted by Crippen LogP contribution is -2.60. The minimum Gasteiger partial charge on any atom is -0.463 e. The molecule has 0 aliphatic carbocycles. The molecule has 0 saturated carbocycles. The van der Waals surface area contributed by atoms with Gasteiger partial charge >= 0.3 is 17.9 Å². The maximum atomic E-state index is 11.4. The molecule has 0 aromatic carbocycles. The van der Waals surface area contributed by atoms with E-state index in [1.54, 1.807) is 0 Å². The number of carbonyl (C=O) groups excluding carboxylic acids is 3. The first-order chi connectivity index (χ1) is 11.3. The topological polar surface area (TPSA) is 97.4 Å². The van der Waals surface area contributed by atoms with Crippen LogP contribution in [0.2, 0.25) is 0 Å². The summed E-state index contributed by atoms with van der Waals surface area (Å²) >= 11 is 1.97. The highest BCUT2D eigenvalue weighted by Crippen LogP contribution is 2.32. The first-order valence-electron chi connectivity index (χ1n) is 7.08. The highest BCUT2D eigenvalue weighted by atomic mass is 127. The van der Waals surface area contributed by atoms with Crippen molar-refractivity contribution in [1.82, 2.24) is 0 Å². The molecule has 0 radical (unpaired) electrons. The van der Waals surface area contributed by atoms with Gasteiger partial charge in [0.2, 0.25) is 0 Å². The molecule has 0 bridgehead atoms. The van der Waals surface area contributed by atoms with E-state index in [1.807, 2.05) is 22.6 Å². The smallest absolute Gasteiger partial charge is 0.303 e. The number of hydrogen-bond acceptors (Lipinski definition) is 8. The molecule has 9 heteroatoms. The highest BCUT2D eigenvalue weighted by molar-refractivity contribution is 14.1. The second kappa shape index (κ2) is 9.80. The van der Waals surface area contributed by atoms with Crippen LogP contribution in [-0.2, 0) is 38.1 Å². The zero-order valence-electron chi connectivity index (χ0n) is 13.5. The Balaban J connectivity index is 3.04. The summed E-state index contributed by atoms with van der Waals surface area (Å²) in [6.45, 7) is 3.49. The van der Waals surface area contributed by atoms with Crippen LogP contribution in [0.3, 0.4) is 0 Å². The standard InChI is InChI=1S/C15H19IO8/c1-5-6-20-15-12(16)14(23-10(4)19)13(22-9(3)18)11(24-15)7-21-8(2)17/h1,11-15H,6-7H2,2-4H3/t11-,12+,13-,14-,15+/m1/s1. The largest absolute Gasteiger partial charge is 0.463 e. The Hall–Kier alpha value is -1.38. The van der Waals surface area contributed by atoms with Gasteiger partial charge in [-0.15, -0.1) is 6.42 Å². The lowest BCUT2D eigenvalue weighted by molar-refractivity contribution is -0.257. The quantitative estimate of drug-likeness (QED) is 0.189. The third kappa shape index (κ3) is 6.26. The normalized spacial score (nSPS) is 29.2. The number of hydrogen-bond donors (Lipinski definition) is 0. The molecule has 0 N–H and O–H groups in total. The van der Waals surface area contributed by atoms with Crippen molar-refractivity contribution in [3.8, 4) is 12.3 Å². The van der Waals surface area contributed by atoms with E-state index in [0.717, 1.165) is 0 Å². The summed E-state index contributed by atoms with van der Waals surface area (Å²) in [5, 5.41) is 0. The van der Waals surface area contributed by atoms with E-state index in [-0.39, 0.29) is 13.2 Å². The van der Waals surface area contributed by atoms with Gasteiger partial charge in [0.25, 0.3) is 0 Å². The van der Waals surface area contributed by atoms with Gasteiger partial charge in [0.05, 0.1) is 0 Å². The van der Waals surface area contributed by atoms with Crippen LogP contribution in [-0.4, -0.2) is 59.6 Å². The zero-order chi connectivity index (χ0) is 18.3. The van der Waals surface area contributed by atoms with Crippen LogP contribution in [0.15, 0.2) is 0 Å². The molecule has 1 rings (SSSR count). The minimum atomic E-state index is -0.946. The van der Waals surface area contributed by atoms with E-state index in [4.69, 9.17) is 30.1 Å². The molecule has 0 aromatic heterocycles. The summed E-state index contributed by atoms with van der Waals surface area (Å²) in [6, 6.07) is 0. The molecule has 1 aliphatic rings. The molecular formula is C15H19IO8. The predicted octanol–water partition coefficient (Wildman–Crippen LogP) is 0.591. The van der Waals surface area contributed by atoms with Gasteiger partial charge < -0.3 is 23.7 Å². The molecule has 1 heterocycles. The van der Waals surface area contributed by atoms with Crippen molar-refractivity contribution >= 4 is 40.5 Å². The van der Waals surface area contributed by atoms with Gasteiger partial charge in [0, 0.05) is 20.8 Å². The predicted molar refractivity (Wildman–Crippen MR) is 89.0 cm³/mol. The Morgan fingerprint density at radius 1 is 1.08 bits per heavy atom. The molecule has 5 atom stereocenters. The van der Waals surface area contributed by atoms with Crippen LogP contribution in [0.1, 0.15) is 20.8 Å². The maximum Gasteiger partial charge on any atom is 0.303 e. The first-order valence-corrected chi connectivity index (χ1v) is 8.33. The molecule has 0 unspecified atom stereocenters. The molecule has 0 spiro atoms. The second-order valence-corrected chi connectivity index (χ2v) is 6.39. The Kier molecular flexibility index (Phi) is 8.44. The molecule has 1 fully saturated rings. The van der Waals surface area contributed by atoms with Crippen molar-refractivity contribution in [3.63, 3.8) is 0 Å². The van der Waals surface area contributed by atoms with Crippen LogP contribution in [0.5, 0.6) is 0 Å². The van der Waals surface area contributed by atoms with E-state index in [9.17, 15) is 14.4 Å². The summed E-state index contributed by atoms with van der Waals surface area (Å²) in [5.74, 6) is 0.653. The average molecular weight is 454 g/mol. The minimum absolute atomic E-state index is 0.0184. The van der Waals surface area contributed by atoms with Crippen LogP contribution < -0.4 is 0 Å². The number of esters is 3. The summed E-state index contributed by atoms with van der Waals surface area (Å²) in [7, 11) is 0. The van der Waals surface area contributed by atoms with Crippen LogP contribution in [0.4, 0.5) is 0 Å². The highest BCUT2D eigenvalue weighted by Gasteiger charge is 2.49. The van der Waals surface area contributed by atoms with E-state index < -0.39 is 46.4 Å². The van der Waals surface area contributed by atoms with Crippen molar-refractivity contribution in [2.24, 2.45) is 0 Å². The molecule has 1 saturated heterocycles. The molecule has 1 aliphatic heterocycles. The van der Waals surface area contributed by atoms with Crippen molar-refractivity contribution in [2.45, 2.75) is 49.3 Å². The third-order valence-corrected chi connectivity index (χ3v) is 4.25. The third-order valence-electron chi connectivity index (χ3n) is 2.96. The Morgan fingerprint density at radius 2 is 1.67 bits per heavy atom. The van der Waals surface area contributed by atoms with E-state index in [2.05, 4.69) is 5.92 Å². The van der Waals surface area contributed by atoms with Crippen LogP contribution in [0, 0.1) is 12.3 Å². The first kappa shape index (κ1) is 20.7. The van der Waals surface area contributed by atoms with E-state index >= 15 is 0 Å². The van der Waals surface area contributed by atoms with Crippen molar-refractivity contribution in [3.05, 3.63) is 0 Å². The molecule has 0 aromatic rings. The van der Waals surface area contributed by atoms with E-state index in [0.29, 0.717) is 0 Å². The summed E-state index contributed by atoms with van der Waals surface area (Å²) in [5.41, 5.74) is 0. The maximum absolute atomic E-state index is 11.4. The lowest BCUT2D eigenvalue weighted by atomic mass is 10.0. The fourth-order valence-corrected chi connectivity index (χ4v) is 3.06. The summed E-state index contributed by atoms with van der Waals surface area (Å²) in [4.78, 5) is 33.9. The van der Waals surface area contributed by atoms with Gasteiger partial charge in [-0.3, -0.25) is 14.4 Å². The molecule has 24 heavy (non-hydrogen) atoms. The Labute approximate surface area is 153 Å². The van der Waals surface area contributed by atoms with Gasteiger partial charge in [0.15, 0.2) is 18.5 Å².